The zero-order chi connectivity index (χ0) is 34.9. The molecular formula is C50H31NS2. The fourth-order valence-electron chi connectivity index (χ4n) is 8.15. The molecule has 0 fully saturated rings. The van der Waals surface area contributed by atoms with Crippen LogP contribution >= 0.6 is 22.7 Å². The summed E-state index contributed by atoms with van der Waals surface area (Å²) in [7, 11) is 0. The highest BCUT2D eigenvalue weighted by atomic mass is 32.1. The van der Waals surface area contributed by atoms with Crippen LogP contribution in [-0.4, -0.2) is 0 Å². The van der Waals surface area contributed by atoms with Crippen LogP contribution in [0.15, 0.2) is 188 Å². The van der Waals surface area contributed by atoms with E-state index < -0.39 is 0 Å². The molecule has 0 radical (unpaired) electrons. The molecule has 0 aliphatic carbocycles. The van der Waals surface area contributed by atoms with Gasteiger partial charge in [0.15, 0.2) is 0 Å². The van der Waals surface area contributed by atoms with Crippen LogP contribution in [0, 0.1) is 0 Å². The maximum absolute atomic E-state index is 2.54. The molecule has 11 rings (SSSR count). The summed E-state index contributed by atoms with van der Waals surface area (Å²) in [6, 6.07) is 69.2. The maximum Gasteiger partial charge on any atom is 0.0640 e. The minimum absolute atomic E-state index is 1.15. The summed E-state index contributed by atoms with van der Waals surface area (Å²) in [6.07, 6.45) is 0. The molecule has 2 aromatic heterocycles. The molecule has 0 aliphatic rings. The Morgan fingerprint density at radius 2 is 1.02 bits per heavy atom. The zero-order valence-electron chi connectivity index (χ0n) is 28.7. The van der Waals surface area contributed by atoms with E-state index in [9.17, 15) is 0 Å². The molecule has 1 nitrogen and oxygen atoms in total. The van der Waals surface area contributed by atoms with Gasteiger partial charge in [-0.15, -0.1) is 22.7 Å². The van der Waals surface area contributed by atoms with Crippen molar-refractivity contribution >= 4 is 102 Å². The highest BCUT2D eigenvalue weighted by molar-refractivity contribution is 7.27. The summed E-state index contributed by atoms with van der Waals surface area (Å²) in [6.45, 7) is 0. The number of rotatable bonds is 5. The third-order valence-corrected chi connectivity index (χ3v) is 13.0. The number of benzene rings is 9. The van der Waals surface area contributed by atoms with E-state index in [0.29, 0.717) is 0 Å². The average molecular weight is 710 g/mol. The largest absolute Gasteiger partial charge is 0.308 e. The SMILES string of the molecule is c1ccc(-c2ccc3c(c2)sc2c(-c4ccccc4)ccc(N(c4ccc5ccc6ccccc6c5c4)c4cccc5c4sc4ccccc45)c23)cc1. The van der Waals surface area contributed by atoms with E-state index in [4.69, 9.17) is 0 Å². The smallest absolute Gasteiger partial charge is 0.0640 e. The lowest BCUT2D eigenvalue weighted by molar-refractivity contribution is 1.33. The second-order valence-electron chi connectivity index (χ2n) is 13.7. The Kier molecular flexibility index (Phi) is 6.97. The topological polar surface area (TPSA) is 3.24 Å². The van der Waals surface area contributed by atoms with Crippen molar-refractivity contribution in [1.82, 2.24) is 0 Å². The standard InChI is InChI=1S/C50H31NS2/c1-3-12-32(13-4-1)36-25-27-42-47(30-36)53-50-39(33-14-5-2-6-15-33)28-29-44(48(42)50)51(45-20-11-19-41-40-18-9-10-21-46(40)52-49(41)45)37-26-24-35-23-22-34-16-7-8-17-38(34)43(35)31-37/h1-31H. The predicted octanol–water partition coefficient (Wildman–Crippen LogP) is 15.5. The summed E-state index contributed by atoms with van der Waals surface area (Å²) in [5.41, 5.74) is 8.48. The van der Waals surface area contributed by atoms with Crippen LogP contribution in [0.5, 0.6) is 0 Å². The fraction of sp³-hybridized carbons (Fsp3) is 0. The van der Waals surface area contributed by atoms with Crippen LogP contribution in [0.25, 0.3) is 84.1 Å². The molecule has 2 heterocycles. The molecule has 53 heavy (non-hydrogen) atoms. The first-order chi connectivity index (χ1) is 26.3. The zero-order valence-corrected chi connectivity index (χ0v) is 30.3. The molecule has 3 heteroatoms. The molecule has 0 atom stereocenters. The Hall–Kier alpha value is -6.26. The molecule has 0 saturated heterocycles. The van der Waals surface area contributed by atoms with Crippen molar-refractivity contribution in [2.45, 2.75) is 0 Å². The third-order valence-electron chi connectivity index (χ3n) is 10.6. The van der Waals surface area contributed by atoms with Crippen molar-refractivity contribution in [2.24, 2.45) is 0 Å². The lowest BCUT2D eigenvalue weighted by Gasteiger charge is -2.28. The monoisotopic (exact) mass is 709 g/mol. The quantitative estimate of drug-likeness (QED) is 0.161. The van der Waals surface area contributed by atoms with Crippen LogP contribution in [0.2, 0.25) is 0 Å². The van der Waals surface area contributed by atoms with Crippen LogP contribution in [-0.2, 0) is 0 Å². The predicted molar refractivity (Wildman–Crippen MR) is 233 cm³/mol. The van der Waals surface area contributed by atoms with E-state index in [1.165, 1.54) is 95.5 Å². The molecule has 0 N–H and O–H groups in total. The van der Waals surface area contributed by atoms with E-state index in [0.717, 1.165) is 5.69 Å². The highest BCUT2D eigenvalue weighted by Crippen LogP contribution is 2.51. The van der Waals surface area contributed by atoms with Gasteiger partial charge in [0.05, 0.1) is 16.1 Å². The van der Waals surface area contributed by atoms with Crippen molar-refractivity contribution < 1.29 is 0 Å². The van der Waals surface area contributed by atoms with Gasteiger partial charge in [0.25, 0.3) is 0 Å². The van der Waals surface area contributed by atoms with Gasteiger partial charge in [-0.25, -0.2) is 0 Å². The van der Waals surface area contributed by atoms with Crippen LogP contribution < -0.4 is 4.90 Å². The van der Waals surface area contributed by atoms with Crippen molar-refractivity contribution in [2.75, 3.05) is 4.90 Å². The van der Waals surface area contributed by atoms with Crippen molar-refractivity contribution in [1.29, 1.82) is 0 Å². The van der Waals surface area contributed by atoms with Gasteiger partial charge in [-0.2, -0.15) is 0 Å². The average Bonchev–Trinajstić information content (AvgIpc) is 3.81. The number of fused-ring (bicyclic) bond motifs is 9. The van der Waals surface area contributed by atoms with Crippen molar-refractivity contribution in [3.63, 3.8) is 0 Å². The molecule has 11 aromatic rings. The van der Waals surface area contributed by atoms with Gasteiger partial charge in [0.2, 0.25) is 0 Å². The van der Waals surface area contributed by atoms with Gasteiger partial charge >= 0.3 is 0 Å². The summed E-state index contributed by atoms with van der Waals surface area (Å²) in [5, 5.41) is 10.2. The first-order valence-electron chi connectivity index (χ1n) is 18.0. The number of anilines is 3. The van der Waals surface area contributed by atoms with Crippen molar-refractivity contribution in [3.8, 4) is 22.3 Å². The Balaban J connectivity index is 1.25. The van der Waals surface area contributed by atoms with Crippen molar-refractivity contribution in [3.05, 3.63) is 188 Å². The Bertz CT molecular complexity index is 3170. The lowest BCUT2D eigenvalue weighted by Crippen LogP contribution is -2.10. The Morgan fingerprint density at radius 1 is 0.340 bits per heavy atom. The van der Waals surface area contributed by atoms with Gasteiger partial charge in [0, 0.05) is 41.3 Å². The summed E-state index contributed by atoms with van der Waals surface area (Å²) in [5.74, 6) is 0. The van der Waals surface area contributed by atoms with Crippen LogP contribution in [0.4, 0.5) is 17.1 Å². The summed E-state index contributed by atoms with van der Waals surface area (Å²) in [4.78, 5) is 2.54. The second kappa shape index (κ2) is 12.2. The van der Waals surface area contributed by atoms with Gasteiger partial charge in [-0.3, -0.25) is 0 Å². The number of nitrogens with zero attached hydrogens (tertiary/aromatic N) is 1. The molecule has 248 valence electrons. The summed E-state index contributed by atoms with van der Waals surface area (Å²) < 4.78 is 5.18. The number of hydrogen-bond acceptors (Lipinski definition) is 3. The second-order valence-corrected chi connectivity index (χ2v) is 15.8. The van der Waals surface area contributed by atoms with E-state index in [-0.39, 0.29) is 0 Å². The lowest BCUT2D eigenvalue weighted by atomic mass is 9.98. The molecule has 9 aromatic carbocycles. The maximum atomic E-state index is 2.54. The molecule has 0 unspecified atom stereocenters. The molecule has 0 saturated carbocycles. The Morgan fingerprint density at radius 3 is 1.87 bits per heavy atom. The van der Waals surface area contributed by atoms with Gasteiger partial charge in [-0.05, 0) is 80.2 Å². The van der Waals surface area contributed by atoms with Crippen LogP contribution in [0.1, 0.15) is 0 Å². The normalized spacial score (nSPS) is 11.8. The first-order valence-corrected chi connectivity index (χ1v) is 19.6. The fourth-order valence-corrected chi connectivity index (χ4v) is 10.7. The van der Waals surface area contributed by atoms with E-state index >= 15 is 0 Å². The summed E-state index contributed by atoms with van der Waals surface area (Å²) >= 11 is 3.79. The van der Waals surface area contributed by atoms with Gasteiger partial charge in [0.1, 0.15) is 0 Å². The molecule has 0 spiro atoms. The van der Waals surface area contributed by atoms with Gasteiger partial charge in [-0.1, -0.05) is 152 Å². The van der Waals surface area contributed by atoms with E-state index in [1.807, 2.05) is 22.7 Å². The van der Waals surface area contributed by atoms with Crippen LogP contribution in [0.3, 0.4) is 0 Å². The molecule has 0 bridgehead atoms. The number of hydrogen-bond donors (Lipinski definition) is 0. The van der Waals surface area contributed by atoms with Gasteiger partial charge < -0.3 is 4.90 Å². The number of thiophene rings is 2. The highest BCUT2D eigenvalue weighted by Gasteiger charge is 2.24. The minimum Gasteiger partial charge on any atom is -0.308 e. The molecule has 0 aliphatic heterocycles. The first kappa shape index (κ1) is 30.4. The third kappa shape index (κ3) is 4.89. The van der Waals surface area contributed by atoms with E-state index in [1.54, 1.807) is 0 Å². The molecular weight excluding hydrogens is 679 g/mol. The Labute approximate surface area is 315 Å². The van der Waals surface area contributed by atoms with E-state index in [2.05, 4.69) is 193 Å². The molecule has 0 amide bonds. The minimum atomic E-state index is 1.15.